The van der Waals surface area contributed by atoms with Crippen molar-refractivity contribution in [3.05, 3.63) is 18.2 Å². The number of nitrogens with zero attached hydrogens (tertiary/aromatic N) is 3. The Hall–Kier alpha value is -2.71. The van der Waals surface area contributed by atoms with E-state index in [1.54, 1.807) is 27.0 Å². The number of carbonyl (C=O) groups excluding carboxylic acids is 4. The number of hydrogen-bond donors (Lipinski definition) is 0. The molecule has 142 valence electrons. The topological polar surface area (TPSA) is 98.8 Å². The summed E-state index contributed by atoms with van der Waals surface area (Å²) in [5, 5.41) is 0. The molecule has 1 atom stereocenters. The van der Waals surface area contributed by atoms with Crippen molar-refractivity contribution in [2.75, 3.05) is 13.7 Å². The van der Waals surface area contributed by atoms with E-state index in [0.717, 1.165) is 0 Å². The lowest BCUT2D eigenvalue weighted by Gasteiger charge is -2.29. The summed E-state index contributed by atoms with van der Waals surface area (Å²) in [7, 11) is 1.23. The first-order valence-corrected chi connectivity index (χ1v) is 8.22. The first-order valence-electron chi connectivity index (χ1n) is 8.22. The molecule has 0 radical (unpaired) electrons. The van der Waals surface area contributed by atoms with Crippen LogP contribution in [0.1, 0.15) is 33.4 Å². The molecule has 0 aliphatic carbocycles. The molecule has 1 aromatic heterocycles. The van der Waals surface area contributed by atoms with Crippen molar-refractivity contribution in [3.8, 4) is 0 Å². The molecule has 0 fully saturated rings. The number of hydrogen-bond acceptors (Lipinski definition) is 6. The third-order valence-corrected chi connectivity index (χ3v) is 3.72. The van der Waals surface area contributed by atoms with Crippen molar-refractivity contribution in [3.63, 3.8) is 0 Å². The van der Waals surface area contributed by atoms with Gasteiger partial charge in [-0.25, -0.2) is 19.0 Å². The van der Waals surface area contributed by atoms with Crippen LogP contribution in [0.3, 0.4) is 0 Å². The molecule has 0 spiro atoms. The fraction of sp³-hybridized carbons (Fsp3) is 0.588. The van der Waals surface area contributed by atoms with E-state index < -0.39 is 29.6 Å². The molecule has 2 rings (SSSR count). The van der Waals surface area contributed by atoms with Gasteiger partial charge in [-0.05, 0) is 27.7 Å². The maximum absolute atomic E-state index is 12.7. The van der Waals surface area contributed by atoms with Gasteiger partial charge in [-0.2, -0.15) is 0 Å². The van der Waals surface area contributed by atoms with Crippen LogP contribution in [0.15, 0.2) is 12.5 Å². The van der Waals surface area contributed by atoms with Crippen molar-refractivity contribution in [1.29, 1.82) is 0 Å². The molecule has 1 unspecified atom stereocenters. The Bertz CT molecular complexity index is 746. The van der Waals surface area contributed by atoms with Crippen molar-refractivity contribution >= 4 is 23.8 Å². The van der Waals surface area contributed by atoms with Crippen LogP contribution in [0, 0.1) is 0 Å². The van der Waals surface area contributed by atoms with Crippen molar-refractivity contribution in [1.82, 2.24) is 9.47 Å². The Kier molecular flexibility index (Phi) is 5.48. The first kappa shape index (κ1) is 19.6. The Morgan fingerprint density at radius 1 is 1.31 bits per heavy atom. The maximum Gasteiger partial charge on any atom is 0.417 e. The summed E-state index contributed by atoms with van der Waals surface area (Å²) in [5.41, 5.74) is -0.0603. The molecule has 1 aromatic rings. The lowest BCUT2D eigenvalue weighted by molar-refractivity contribution is -0.685. The van der Waals surface area contributed by atoms with E-state index in [2.05, 4.69) is 0 Å². The van der Waals surface area contributed by atoms with Crippen LogP contribution in [0.5, 0.6) is 0 Å². The smallest absolute Gasteiger partial charge is 0.417 e. The molecule has 0 N–H and O–H groups in total. The van der Waals surface area contributed by atoms with Gasteiger partial charge in [0.1, 0.15) is 23.6 Å². The minimum Gasteiger partial charge on any atom is -0.467 e. The van der Waals surface area contributed by atoms with Gasteiger partial charge in [0.2, 0.25) is 0 Å². The number of methoxy groups -OCH3 is 1. The molecule has 2 heterocycles. The maximum atomic E-state index is 12.7. The summed E-state index contributed by atoms with van der Waals surface area (Å²) in [6, 6.07) is -1.39. The predicted octanol–water partition coefficient (Wildman–Crippen LogP) is 0.0741. The van der Waals surface area contributed by atoms with Crippen LogP contribution in [0.25, 0.3) is 0 Å². The van der Waals surface area contributed by atoms with E-state index in [9.17, 15) is 19.2 Å². The minimum atomic E-state index is -0.881. The van der Waals surface area contributed by atoms with Crippen LogP contribution >= 0.6 is 0 Å². The molecule has 1 aliphatic heterocycles. The number of carbonyl (C=O) groups is 4. The van der Waals surface area contributed by atoms with E-state index >= 15 is 0 Å². The van der Waals surface area contributed by atoms with E-state index in [-0.39, 0.29) is 25.3 Å². The number of Topliss-reactive ketones (excluding diaryl/α,β-unsaturated/α-hetero) is 1. The standard InChI is InChI=1S/C17H24N3O6/c1-11(21)7-19-13(15(23)25-5)6-12-8-18(10-20(12)16(19)24)9-14(22)26-17(2,3)4/h8,10,13H,6-7,9H2,1-5H3/q+1. The Morgan fingerprint density at radius 2 is 1.96 bits per heavy atom. The van der Waals surface area contributed by atoms with Crippen LogP contribution in [-0.2, 0) is 36.8 Å². The van der Waals surface area contributed by atoms with Crippen LogP contribution in [-0.4, -0.2) is 58.5 Å². The number of ketones is 1. The van der Waals surface area contributed by atoms with Crippen LogP contribution in [0.2, 0.25) is 0 Å². The molecular weight excluding hydrogens is 342 g/mol. The molecule has 9 heteroatoms. The SMILES string of the molecule is COC(=O)C1Cc2c[n+](CC(=O)OC(C)(C)C)cn2C(=O)N1CC(C)=O. The highest BCUT2D eigenvalue weighted by Gasteiger charge is 2.42. The predicted molar refractivity (Wildman–Crippen MR) is 88.2 cm³/mol. The molecule has 1 aliphatic rings. The molecule has 0 aromatic carbocycles. The largest absolute Gasteiger partial charge is 0.467 e. The molecular formula is C17H24N3O6+. The summed E-state index contributed by atoms with van der Waals surface area (Å²) in [5.74, 6) is -1.28. The van der Waals surface area contributed by atoms with E-state index in [4.69, 9.17) is 9.47 Å². The average Bonchev–Trinajstić information content (AvgIpc) is 2.89. The Labute approximate surface area is 151 Å². The van der Waals surface area contributed by atoms with Gasteiger partial charge in [0, 0.05) is 6.42 Å². The van der Waals surface area contributed by atoms with Crippen LogP contribution < -0.4 is 4.57 Å². The Balaban J connectivity index is 2.27. The van der Waals surface area contributed by atoms with Gasteiger partial charge in [-0.1, -0.05) is 0 Å². The monoisotopic (exact) mass is 366 g/mol. The fourth-order valence-corrected chi connectivity index (χ4v) is 2.79. The normalized spacial score (nSPS) is 16.9. The van der Waals surface area contributed by atoms with E-state index in [1.807, 2.05) is 0 Å². The van der Waals surface area contributed by atoms with Gasteiger partial charge < -0.3 is 9.47 Å². The number of amides is 1. The van der Waals surface area contributed by atoms with Gasteiger partial charge in [0.25, 0.3) is 6.33 Å². The summed E-state index contributed by atoms with van der Waals surface area (Å²) < 4.78 is 12.9. The second-order valence-electron chi connectivity index (χ2n) is 7.22. The van der Waals surface area contributed by atoms with Crippen molar-refractivity contribution < 1.29 is 33.2 Å². The van der Waals surface area contributed by atoms with Gasteiger partial charge in [-0.3, -0.25) is 9.69 Å². The number of esters is 2. The lowest BCUT2D eigenvalue weighted by atomic mass is 10.1. The molecule has 1 amide bonds. The molecule has 0 saturated carbocycles. The molecule has 9 nitrogen and oxygen atoms in total. The third-order valence-electron chi connectivity index (χ3n) is 3.72. The van der Waals surface area contributed by atoms with Crippen molar-refractivity contribution in [2.45, 2.75) is 52.3 Å². The second-order valence-corrected chi connectivity index (χ2v) is 7.22. The quantitative estimate of drug-likeness (QED) is 0.540. The van der Waals surface area contributed by atoms with Crippen LogP contribution in [0.4, 0.5) is 4.79 Å². The van der Waals surface area contributed by atoms with Gasteiger partial charge in [0.05, 0.1) is 13.7 Å². The zero-order chi connectivity index (χ0) is 19.6. The Morgan fingerprint density at radius 3 is 2.50 bits per heavy atom. The van der Waals surface area contributed by atoms with Gasteiger partial charge in [-0.15, -0.1) is 4.57 Å². The summed E-state index contributed by atoms with van der Waals surface area (Å²) >= 11 is 0. The number of rotatable bonds is 5. The number of imidazole rings is 1. The van der Waals surface area contributed by atoms with Gasteiger partial charge in [0.15, 0.2) is 12.2 Å². The molecule has 0 saturated heterocycles. The lowest BCUT2D eigenvalue weighted by Crippen LogP contribution is -2.53. The summed E-state index contributed by atoms with van der Waals surface area (Å²) in [6.07, 6.45) is 3.26. The zero-order valence-corrected chi connectivity index (χ0v) is 15.6. The number of aromatic nitrogens is 2. The average molecular weight is 366 g/mol. The minimum absolute atomic E-state index is 0.0693. The number of fused-ring (bicyclic) bond motifs is 1. The second kappa shape index (κ2) is 7.27. The number of ether oxygens (including phenoxy) is 2. The highest BCUT2D eigenvalue weighted by atomic mass is 16.6. The molecule has 0 bridgehead atoms. The summed E-state index contributed by atoms with van der Waals surface area (Å²) in [4.78, 5) is 49.4. The van der Waals surface area contributed by atoms with Gasteiger partial charge >= 0.3 is 18.0 Å². The molecule has 26 heavy (non-hydrogen) atoms. The van der Waals surface area contributed by atoms with E-state index in [1.165, 1.54) is 34.4 Å². The zero-order valence-electron chi connectivity index (χ0n) is 15.6. The highest BCUT2D eigenvalue weighted by Crippen LogP contribution is 2.18. The van der Waals surface area contributed by atoms with E-state index in [0.29, 0.717) is 5.69 Å². The first-order chi connectivity index (χ1) is 12.0. The highest BCUT2D eigenvalue weighted by molar-refractivity contribution is 5.90. The fourth-order valence-electron chi connectivity index (χ4n) is 2.79. The summed E-state index contributed by atoms with van der Waals surface area (Å²) in [6.45, 7) is 6.39. The van der Waals surface area contributed by atoms with Crippen molar-refractivity contribution in [2.24, 2.45) is 0 Å². The third kappa shape index (κ3) is 4.47.